The first-order chi connectivity index (χ1) is 9.54. The Hall–Kier alpha value is 0.220. The zero-order valence-electron chi connectivity index (χ0n) is 12.9. The van der Waals surface area contributed by atoms with E-state index in [0.717, 1.165) is 38.8 Å². The van der Waals surface area contributed by atoms with Crippen LogP contribution in [0, 0.1) is 0 Å². The monoisotopic (exact) mass is 322 g/mol. The Kier molecular flexibility index (Phi) is 8.48. The van der Waals surface area contributed by atoms with Gasteiger partial charge in [-0.1, -0.05) is 26.2 Å². The molecule has 0 spiro atoms. The minimum absolute atomic E-state index is 0.134. The van der Waals surface area contributed by atoms with Gasteiger partial charge in [0.1, 0.15) is 0 Å². The van der Waals surface area contributed by atoms with Crippen molar-refractivity contribution in [3.05, 3.63) is 0 Å². The van der Waals surface area contributed by atoms with Crippen molar-refractivity contribution in [3.63, 3.8) is 0 Å². The summed E-state index contributed by atoms with van der Waals surface area (Å²) in [7, 11) is -3.11. The van der Waals surface area contributed by atoms with E-state index in [1.54, 1.807) is 0 Å². The number of nitrogens with one attached hydrogen (secondary N) is 2. The van der Waals surface area contributed by atoms with E-state index in [-0.39, 0.29) is 10.5 Å². The quantitative estimate of drug-likeness (QED) is 0.606. The molecule has 1 rings (SSSR count). The smallest absolute Gasteiger partial charge is 0.211 e. The average molecular weight is 323 g/mol. The third kappa shape index (κ3) is 6.78. The normalized spacial score (nSPS) is 19.1. The third-order valence-electron chi connectivity index (χ3n) is 4.08. The Balaban J connectivity index is 2.30. The van der Waals surface area contributed by atoms with Crippen LogP contribution in [0.3, 0.4) is 0 Å². The largest absolute Gasteiger partial charge is 0.317 e. The standard InChI is InChI=1S/C14H30N2O2S2/c1-3-15-11-7-8-12-20(17,18)16-13-14(19-2)9-5-4-6-10-14/h15-16H,3-13H2,1-2H3. The molecule has 0 aromatic carbocycles. The van der Waals surface area contributed by atoms with Crippen LogP contribution in [0.5, 0.6) is 0 Å². The summed E-state index contributed by atoms with van der Waals surface area (Å²) in [4.78, 5) is 0. The zero-order valence-corrected chi connectivity index (χ0v) is 14.5. The molecule has 20 heavy (non-hydrogen) atoms. The van der Waals surface area contributed by atoms with Gasteiger partial charge in [-0.25, -0.2) is 13.1 Å². The van der Waals surface area contributed by atoms with Crippen LogP contribution in [0.2, 0.25) is 0 Å². The Morgan fingerprint density at radius 2 is 1.85 bits per heavy atom. The lowest BCUT2D eigenvalue weighted by atomic mass is 9.88. The molecule has 0 atom stereocenters. The van der Waals surface area contributed by atoms with Gasteiger partial charge < -0.3 is 5.32 Å². The Morgan fingerprint density at radius 3 is 2.45 bits per heavy atom. The van der Waals surface area contributed by atoms with Crippen molar-refractivity contribution >= 4 is 21.8 Å². The third-order valence-corrected chi connectivity index (χ3v) is 6.91. The van der Waals surface area contributed by atoms with Crippen molar-refractivity contribution < 1.29 is 8.42 Å². The minimum Gasteiger partial charge on any atom is -0.317 e. The van der Waals surface area contributed by atoms with Crippen LogP contribution in [-0.2, 0) is 10.0 Å². The van der Waals surface area contributed by atoms with Gasteiger partial charge in [-0.3, -0.25) is 0 Å². The molecule has 1 fully saturated rings. The van der Waals surface area contributed by atoms with Gasteiger partial charge in [-0.2, -0.15) is 11.8 Å². The highest BCUT2D eigenvalue weighted by atomic mass is 32.2. The molecule has 0 aliphatic heterocycles. The number of rotatable bonds is 10. The molecule has 0 unspecified atom stereocenters. The van der Waals surface area contributed by atoms with Crippen molar-refractivity contribution in [2.24, 2.45) is 0 Å². The molecule has 0 aromatic rings. The number of thioether (sulfide) groups is 1. The second-order valence-electron chi connectivity index (χ2n) is 5.65. The second kappa shape index (κ2) is 9.28. The fraction of sp³-hybridized carbons (Fsp3) is 1.00. The predicted octanol–water partition coefficient (Wildman–Crippen LogP) is 2.36. The van der Waals surface area contributed by atoms with Crippen molar-refractivity contribution in [3.8, 4) is 0 Å². The summed E-state index contributed by atoms with van der Waals surface area (Å²) in [5.41, 5.74) is 0. The van der Waals surface area contributed by atoms with Crippen molar-refractivity contribution in [1.29, 1.82) is 0 Å². The minimum atomic E-state index is -3.11. The van der Waals surface area contributed by atoms with Crippen molar-refractivity contribution in [2.75, 3.05) is 31.6 Å². The van der Waals surface area contributed by atoms with Crippen LogP contribution in [0.1, 0.15) is 51.9 Å². The molecular formula is C14H30N2O2S2. The van der Waals surface area contributed by atoms with Crippen molar-refractivity contribution in [2.45, 2.75) is 56.6 Å². The van der Waals surface area contributed by atoms with Gasteiger partial charge in [0.05, 0.1) is 5.75 Å². The summed E-state index contributed by atoms with van der Waals surface area (Å²) in [5, 5.41) is 3.21. The summed E-state index contributed by atoms with van der Waals surface area (Å²) in [6.45, 7) is 4.51. The topological polar surface area (TPSA) is 58.2 Å². The summed E-state index contributed by atoms with van der Waals surface area (Å²) in [6, 6.07) is 0. The fourth-order valence-electron chi connectivity index (χ4n) is 2.68. The van der Waals surface area contributed by atoms with Gasteiger partial charge in [-0.15, -0.1) is 0 Å². The highest BCUT2D eigenvalue weighted by Crippen LogP contribution is 2.38. The van der Waals surface area contributed by atoms with Crippen LogP contribution >= 0.6 is 11.8 Å². The number of unbranched alkanes of at least 4 members (excludes halogenated alkanes) is 1. The Morgan fingerprint density at radius 1 is 1.15 bits per heavy atom. The maximum absolute atomic E-state index is 12.0. The summed E-state index contributed by atoms with van der Waals surface area (Å²) in [5.74, 6) is 0.253. The maximum Gasteiger partial charge on any atom is 0.211 e. The van der Waals surface area contributed by atoms with Crippen molar-refractivity contribution in [1.82, 2.24) is 10.0 Å². The molecule has 1 aliphatic rings. The lowest BCUT2D eigenvalue weighted by molar-refractivity contribution is 0.395. The highest BCUT2D eigenvalue weighted by Gasteiger charge is 2.32. The molecule has 6 heteroatoms. The van der Waals surface area contributed by atoms with E-state index in [4.69, 9.17) is 0 Å². The summed E-state index contributed by atoms with van der Waals surface area (Å²) < 4.78 is 27.0. The SMILES string of the molecule is CCNCCCCS(=O)(=O)NCC1(SC)CCCCC1. The van der Waals surface area contributed by atoms with Gasteiger partial charge in [-0.05, 0) is 45.0 Å². The summed E-state index contributed by atoms with van der Waals surface area (Å²) in [6.07, 6.45) is 9.78. The predicted molar refractivity (Wildman–Crippen MR) is 88.9 cm³/mol. The van der Waals surface area contributed by atoms with Gasteiger partial charge >= 0.3 is 0 Å². The summed E-state index contributed by atoms with van der Waals surface area (Å²) >= 11 is 1.83. The van der Waals surface area contributed by atoms with Crippen LogP contribution < -0.4 is 10.0 Å². The van der Waals surface area contributed by atoms with Crippen LogP contribution in [0.4, 0.5) is 0 Å². The van der Waals surface area contributed by atoms with Gasteiger partial charge in [0.2, 0.25) is 10.0 Å². The lowest BCUT2D eigenvalue weighted by Crippen LogP contribution is -2.42. The molecule has 120 valence electrons. The number of sulfonamides is 1. The molecule has 1 aliphatic carbocycles. The van der Waals surface area contributed by atoms with E-state index in [0.29, 0.717) is 6.54 Å². The molecule has 2 N–H and O–H groups in total. The fourth-order valence-corrected chi connectivity index (χ4v) is 4.91. The maximum atomic E-state index is 12.0. The lowest BCUT2D eigenvalue weighted by Gasteiger charge is -2.35. The van der Waals surface area contributed by atoms with Crippen LogP contribution in [0.25, 0.3) is 0 Å². The Labute approximate surface area is 128 Å². The van der Waals surface area contributed by atoms with E-state index in [1.165, 1.54) is 19.3 Å². The number of hydrogen-bond donors (Lipinski definition) is 2. The van der Waals surface area contributed by atoms with E-state index in [2.05, 4.69) is 23.2 Å². The number of hydrogen-bond acceptors (Lipinski definition) is 4. The second-order valence-corrected chi connectivity index (χ2v) is 8.85. The van der Waals surface area contributed by atoms with Gasteiger partial charge in [0, 0.05) is 11.3 Å². The van der Waals surface area contributed by atoms with E-state index < -0.39 is 10.0 Å². The first-order valence-corrected chi connectivity index (χ1v) is 10.6. The van der Waals surface area contributed by atoms with Gasteiger partial charge in [0.15, 0.2) is 0 Å². The van der Waals surface area contributed by atoms with E-state index in [1.807, 2.05) is 11.8 Å². The van der Waals surface area contributed by atoms with Crippen LogP contribution in [0.15, 0.2) is 0 Å². The van der Waals surface area contributed by atoms with Crippen LogP contribution in [-0.4, -0.2) is 44.8 Å². The molecule has 0 radical (unpaired) electrons. The van der Waals surface area contributed by atoms with E-state index >= 15 is 0 Å². The first-order valence-electron chi connectivity index (χ1n) is 7.77. The molecule has 4 nitrogen and oxygen atoms in total. The molecule has 0 bridgehead atoms. The average Bonchev–Trinajstić information content (AvgIpc) is 2.46. The van der Waals surface area contributed by atoms with Gasteiger partial charge in [0.25, 0.3) is 0 Å². The van der Waals surface area contributed by atoms with E-state index in [9.17, 15) is 8.42 Å². The molecular weight excluding hydrogens is 292 g/mol. The highest BCUT2D eigenvalue weighted by molar-refractivity contribution is 8.00. The molecule has 0 saturated heterocycles. The zero-order chi connectivity index (χ0) is 14.9. The molecule has 0 amide bonds. The molecule has 1 saturated carbocycles. The molecule has 0 aromatic heterocycles. The molecule has 0 heterocycles. The first kappa shape index (κ1) is 18.3. The Bertz CT molecular complexity index is 352.